The van der Waals surface area contributed by atoms with E-state index in [4.69, 9.17) is 17.3 Å². The predicted molar refractivity (Wildman–Crippen MR) is 58.0 cm³/mol. The summed E-state index contributed by atoms with van der Waals surface area (Å²) < 4.78 is 28.1. The summed E-state index contributed by atoms with van der Waals surface area (Å²) in [6, 6.07) is 1.97. The molecule has 6 heteroatoms. The van der Waals surface area contributed by atoms with Crippen molar-refractivity contribution in [1.29, 1.82) is 0 Å². The minimum atomic E-state index is -0.693. The molecule has 0 spiro atoms. The number of aromatic nitrogens is 2. The van der Waals surface area contributed by atoms with Gasteiger partial charge >= 0.3 is 0 Å². The van der Waals surface area contributed by atoms with Crippen LogP contribution in [0, 0.1) is 11.6 Å². The molecule has 2 rings (SSSR count). The van der Waals surface area contributed by atoms with Crippen LogP contribution in [-0.4, -0.2) is 9.78 Å². The van der Waals surface area contributed by atoms with Crippen molar-refractivity contribution in [2.24, 2.45) is 7.05 Å². The molecule has 84 valence electrons. The normalized spacial score (nSPS) is 10.8. The number of nitrogens with two attached hydrogens (primary N) is 1. The highest BCUT2D eigenvalue weighted by molar-refractivity contribution is 6.33. The molecule has 1 aromatic carbocycles. The Labute approximate surface area is 95.4 Å². The molecule has 0 bridgehead atoms. The minimum Gasteiger partial charge on any atom is -0.383 e. The first-order valence-corrected chi connectivity index (χ1v) is 4.81. The van der Waals surface area contributed by atoms with Gasteiger partial charge in [-0.05, 0) is 12.1 Å². The second-order valence-electron chi connectivity index (χ2n) is 3.29. The number of rotatable bonds is 1. The van der Waals surface area contributed by atoms with Gasteiger partial charge in [-0.25, -0.2) is 8.78 Å². The molecule has 16 heavy (non-hydrogen) atoms. The van der Waals surface area contributed by atoms with Gasteiger partial charge in [0.2, 0.25) is 0 Å². The van der Waals surface area contributed by atoms with Crippen LogP contribution in [0.1, 0.15) is 0 Å². The number of aryl methyl sites for hydroxylation is 1. The fourth-order valence-corrected chi connectivity index (χ4v) is 1.67. The first kappa shape index (κ1) is 10.9. The zero-order chi connectivity index (χ0) is 11.9. The van der Waals surface area contributed by atoms with Crippen molar-refractivity contribution in [2.75, 3.05) is 5.73 Å². The summed E-state index contributed by atoms with van der Waals surface area (Å²) in [5, 5.41) is 3.56. The third-order valence-corrected chi connectivity index (χ3v) is 2.67. The number of hydrogen-bond donors (Lipinski definition) is 1. The maximum Gasteiger partial charge on any atom is 0.142 e. The highest BCUT2D eigenvalue weighted by Gasteiger charge is 2.18. The van der Waals surface area contributed by atoms with Crippen LogP contribution >= 0.6 is 11.6 Å². The lowest BCUT2D eigenvalue weighted by Gasteiger charge is -2.05. The minimum absolute atomic E-state index is 0.0627. The molecule has 0 saturated heterocycles. The van der Waals surface area contributed by atoms with Gasteiger partial charge < -0.3 is 5.73 Å². The Morgan fingerprint density at radius 2 is 1.94 bits per heavy atom. The van der Waals surface area contributed by atoms with Gasteiger partial charge in [-0.15, -0.1) is 0 Å². The number of anilines is 1. The molecule has 0 amide bonds. The Morgan fingerprint density at radius 3 is 2.50 bits per heavy atom. The summed E-state index contributed by atoms with van der Waals surface area (Å²) >= 11 is 5.71. The average molecular weight is 244 g/mol. The van der Waals surface area contributed by atoms with Crippen LogP contribution in [0.3, 0.4) is 0 Å². The first-order valence-electron chi connectivity index (χ1n) is 4.43. The molecule has 2 N–H and O–H groups in total. The SMILES string of the molecule is Cn1ncc(-c2c(F)ccc(F)c2Cl)c1N. The van der Waals surface area contributed by atoms with Crippen LogP contribution in [0.15, 0.2) is 18.3 Å². The molecule has 2 aromatic rings. The molecule has 0 radical (unpaired) electrons. The maximum absolute atomic E-state index is 13.6. The van der Waals surface area contributed by atoms with E-state index in [1.165, 1.54) is 10.9 Å². The van der Waals surface area contributed by atoms with Gasteiger partial charge in [0, 0.05) is 18.2 Å². The Hall–Kier alpha value is -1.62. The van der Waals surface area contributed by atoms with Crippen molar-refractivity contribution in [2.45, 2.75) is 0 Å². The van der Waals surface area contributed by atoms with Crippen LogP contribution in [0.25, 0.3) is 11.1 Å². The molecule has 0 aliphatic carbocycles. The van der Waals surface area contributed by atoms with Crippen LogP contribution in [0.2, 0.25) is 5.02 Å². The van der Waals surface area contributed by atoms with E-state index in [1.54, 1.807) is 7.05 Å². The lowest BCUT2D eigenvalue weighted by molar-refractivity contribution is 0.603. The second kappa shape index (κ2) is 3.75. The fourth-order valence-electron chi connectivity index (χ4n) is 1.41. The summed E-state index contributed by atoms with van der Waals surface area (Å²) in [6.07, 6.45) is 1.35. The van der Waals surface area contributed by atoms with Gasteiger partial charge in [-0.2, -0.15) is 5.10 Å². The average Bonchev–Trinajstić information content (AvgIpc) is 2.56. The van der Waals surface area contributed by atoms with E-state index in [-0.39, 0.29) is 22.0 Å². The molecule has 0 unspecified atom stereocenters. The summed E-state index contributed by atoms with van der Waals surface area (Å²) in [5.41, 5.74) is 5.89. The van der Waals surface area contributed by atoms with E-state index in [0.29, 0.717) is 0 Å². The highest BCUT2D eigenvalue weighted by atomic mass is 35.5. The predicted octanol–water partition coefficient (Wildman–Crippen LogP) is 2.60. The van der Waals surface area contributed by atoms with E-state index >= 15 is 0 Å². The van der Waals surface area contributed by atoms with Crippen molar-refractivity contribution < 1.29 is 8.78 Å². The lowest BCUT2D eigenvalue weighted by Crippen LogP contribution is -1.99. The topological polar surface area (TPSA) is 43.8 Å². The summed E-state index contributed by atoms with van der Waals surface area (Å²) in [4.78, 5) is 0. The number of nitrogens with zero attached hydrogens (tertiary/aromatic N) is 2. The van der Waals surface area contributed by atoms with Gasteiger partial charge in [0.25, 0.3) is 0 Å². The van der Waals surface area contributed by atoms with Crippen molar-refractivity contribution >= 4 is 17.4 Å². The Balaban J connectivity index is 2.73. The molecular formula is C10H8ClF2N3. The van der Waals surface area contributed by atoms with Crippen molar-refractivity contribution in [1.82, 2.24) is 9.78 Å². The van der Waals surface area contributed by atoms with Gasteiger partial charge in [0.1, 0.15) is 17.5 Å². The summed E-state index contributed by atoms with van der Waals surface area (Å²) in [7, 11) is 1.60. The summed E-state index contributed by atoms with van der Waals surface area (Å²) in [5.74, 6) is -1.10. The van der Waals surface area contributed by atoms with Crippen LogP contribution in [-0.2, 0) is 7.05 Å². The van der Waals surface area contributed by atoms with Crippen molar-refractivity contribution in [3.63, 3.8) is 0 Å². The maximum atomic E-state index is 13.6. The van der Waals surface area contributed by atoms with Crippen LogP contribution < -0.4 is 5.73 Å². The number of hydrogen-bond acceptors (Lipinski definition) is 2. The third kappa shape index (κ3) is 1.53. The zero-order valence-electron chi connectivity index (χ0n) is 8.34. The van der Waals surface area contributed by atoms with Crippen LogP contribution in [0.4, 0.5) is 14.6 Å². The number of nitrogen functional groups attached to an aromatic ring is 1. The molecule has 0 fully saturated rings. The van der Waals surface area contributed by atoms with Gasteiger partial charge in [0.15, 0.2) is 0 Å². The fraction of sp³-hybridized carbons (Fsp3) is 0.100. The molecule has 1 aromatic heterocycles. The van der Waals surface area contributed by atoms with E-state index in [2.05, 4.69) is 5.10 Å². The lowest BCUT2D eigenvalue weighted by atomic mass is 10.1. The number of benzene rings is 1. The van der Waals surface area contributed by atoms with Gasteiger partial charge in [0.05, 0.1) is 11.2 Å². The van der Waals surface area contributed by atoms with E-state index in [1.807, 2.05) is 0 Å². The molecule has 0 atom stereocenters. The largest absolute Gasteiger partial charge is 0.383 e. The van der Waals surface area contributed by atoms with Gasteiger partial charge in [-0.3, -0.25) is 4.68 Å². The number of halogens is 3. The standard InChI is InChI=1S/C10H8ClF2N3/c1-16-10(14)5(4-15-16)8-6(12)2-3-7(13)9(8)11/h2-4H,14H2,1H3. The molecule has 0 saturated carbocycles. The Morgan fingerprint density at radius 1 is 1.31 bits per heavy atom. The van der Waals surface area contributed by atoms with Crippen molar-refractivity contribution in [3.8, 4) is 11.1 Å². The Bertz CT molecular complexity index is 551. The molecule has 1 heterocycles. The van der Waals surface area contributed by atoms with E-state index < -0.39 is 11.6 Å². The van der Waals surface area contributed by atoms with E-state index in [9.17, 15) is 8.78 Å². The van der Waals surface area contributed by atoms with Crippen molar-refractivity contribution in [3.05, 3.63) is 35.0 Å². The highest BCUT2D eigenvalue weighted by Crippen LogP contribution is 2.35. The third-order valence-electron chi connectivity index (χ3n) is 2.30. The molecular weight excluding hydrogens is 236 g/mol. The first-order chi connectivity index (χ1) is 7.52. The zero-order valence-corrected chi connectivity index (χ0v) is 9.09. The van der Waals surface area contributed by atoms with E-state index in [0.717, 1.165) is 12.1 Å². The smallest absolute Gasteiger partial charge is 0.142 e. The van der Waals surface area contributed by atoms with Gasteiger partial charge in [-0.1, -0.05) is 11.6 Å². The summed E-state index contributed by atoms with van der Waals surface area (Å²) in [6.45, 7) is 0. The monoisotopic (exact) mass is 243 g/mol. The Kier molecular flexibility index (Phi) is 2.55. The molecule has 3 nitrogen and oxygen atoms in total. The quantitative estimate of drug-likeness (QED) is 0.783. The molecule has 0 aliphatic heterocycles. The molecule has 0 aliphatic rings. The van der Waals surface area contributed by atoms with Crippen LogP contribution in [0.5, 0.6) is 0 Å². The second-order valence-corrected chi connectivity index (χ2v) is 3.66.